The summed E-state index contributed by atoms with van der Waals surface area (Å²) in [6.45, 7) is 1.96. The number of carbonyl (C=O) groups excluding carboxylic acids is 1. The Morgan fingerprint density at radius 1 is 1.00 bits per heavy atom. The monoisotopic (exact) mass is 370 g/mol. The standard InChI is InChI=1S/C21H26N2O4/c1-25-17-10-12-23(13-11-17)16-6-4-15(5-7-16)22-21(24)19-9-8-18(26-2)14-20(19)27-3/h4-9,14,17H,10-13H2,1-3H3,(H,22,24). The van der Waals surface area contributed by atoms with E-state index in [-0.39, 0.29) is 5.91 Å². The van der Waals surface area contributed by atoms with Gasteiger partial charge >= 0.3 is 0 Å². The summed E-state index contributed by atoms with van der Waals surface area (Å²) in [5, 5.41) is 2.92. The van der Waals surface area contributed by atoms with Crippen molar-refractivity contribution >= 4 is 17.3 Å². The van der Waals surface area contributed by atoms with Crippen molar-refractivity contribution < 1.29 is 19.0 Å². The minimum absolute atomic E-state index is 0.219. The zero-order chi connectivity index (χ0) is 19.2. The minimum atomic E-state index is -0.219. The molecule has 0 aliphatic carbocycles. The van der Waals surface area contributed by atoms with Crippen molar-refractivity contribution in [3.8, 4) is 11.5 Å². The van der Waals surface area contributed by atoms with Gasteiger partial charge in [-0.2, -0.15) is 0 Å². The molecule has 1 aliphatic heterocycles. The first-order valence-electron chi connectivity index (χ1n) is 9.05. The Hall–Kier alpha value is -2.73. The summed E-state index contributed by atoms with van der Waals surface area (Å²) in [5.74, 6) is 0.901. The number of anilines is 2. The fraction of sp³-hybridized carbons (Fsp3) is 0.381. The number of carbonyl (C=O) groups is 1. The highest BCUT2D eigenvalue weighted by molar-refractivity contribution is 6.06. The molecule has 144 valence electrons. The van der Waals surface area contributed by atoms with Crippen molar-refractivity contribution in [1.82, 2.24) is 0 Å². The molecular weight excluding hydrogens is 344 g/mol. The van der Waals surface area contributed by atoms with Crippen molar-refractivity contribution in [2.24, 2.45) is 0 Å². The number of ether oxygens (including phenoxy) is 3. The first-order chi connectivity index (χ1) is 13.1. The molecule has 0 spiro atoms. The lowest BCUT2D eigenvalue weighted by atomic mass is 10.1. The van der Waals surface area contributed by atoms with Gasteiger partial charge in [0.25, 0.3) is 5.91 Å². The lowest BCUT2D eigenvalue weighted by Crippen LogP contribution is -2.36. The minimum Gasteiger partial charge on any atom is -0.497 e. The Morgan fingerprint density at radius 3 is 2.30 bits per heavy atom. The van der Waals surface area contributed by atoms with Crippen molar-refractivity contribution in [2.75, 3.05) is 44.6 Å². The average Bonchev–Trinajstić information content (AvgIpc) is 2.73. The van der Waals surface area contributed by atoms with Gasteiger partial charge in [-0.05, 0) is 49.2 Å². The fourth-order valence-corrected chi connectivity index (χ4v) is 3.29. The van der Waals surface area contributed by atoms with Gasteiger partial charge in [0, 0.05) is 37.6 Å². The Labute approximate surface area is 160 Å². The predicted octanol–water partition coefficient (Wildman–Crippen LogP) is 3.57. The molecule has 1 heterocycles. The summed E-state index contributed by atoms with van der Waals surface area (Å²) < 4.78 is 15.9. The Kier molecular flexibility index (Phi) is 6.19. The van der Waals surface area contributed by atoms with Crippen LogP contribution in [0.5, 0.6) is 11.5 Å². The van der Waals surface area contributed by atoms with Crippen LogP contribution >= 0.6 is 0 Å². The molecule has 27 heavy (non-hydrogen) atoms. The number of rotatable bonds is 6. The number of nitrogens with zero attached hydrogens (tertiary/aromatic N) is 1. The second-order valence-corrected chi connectivity index (χ2v) is 6.49. The molecular formula is C21H26N2O4. The summed E-state index contributed by atoms with van der Waals surface area (Å²) in [6.07, 6.45) is 2.43. The van der Waals surface area contributed by atoms with Crippen LogP contribution in [-0.4, -0.2) is 46.4 Å². The number of methoxy groups -OCH3 is 3. The van der Waals surface area contributed by atoms with Gasteiger partial charge in [0.05, 0.1) is 25.9 Å². The van der Waals surface area contributed by atoms with Crippen molar-refractivity contribution in [3.63, 3.8) is 0 Å². The van der Waals surface area contributed by atoms with E-state index >= 15 is 0 Å². The van der Waals surface area contributed by atoms with Crippen LogP contribution in [0.4, 0.5) is 11.4 Å². The van der Waals surface area contributed by atoms with Crippen LogP contribution in [0.25, 0.3) is 0 Å². The smallest absolute Gasteiger partial charge is 0.259 e. The zero-order valence-electron chi connectivity index (χ0n) is 16.0. The topological polar surface area (TPSA) is 60.0 Å². The third kappa shape index (κ3) is 4.52. The molecule has 1 amide bonds. The van der Waals surface area contributed by atoms with Crippen molar-refractivity contribution in [1.29, 1.82) is 0 Å². The maximum Gasteiger partial charge on any atom is 0.259 e. The third-order valence-electron chi connectivity index (χ3n) is 4.92. The SMILES string of the molecule is COc1ccc(C(=O)Nc2ccc(N3CCC(OC)CC3)cc2)c(OC)c1. The Bertz CT molecular complexity index is 768. The largest absolute Gasteiger partial charge is 0.497 e. The van der Waals surface area contributed by atoms with E-state index in [0.29, 0.717) is 23.2 Å². The van der Waals surface area contributed by atoms with Gasteiger partial charge in [0.15, 0.2) is 0 Å². The maximum atomic E-state index is 12.6. The van der Waals surface area contributed by atoms with E-state index in [2.05, 4.69) is 10.2 Å². The molecule has 1 saturated heterocycles. The van der Waals surface area contributed by atoms with Crippen LogP contribution < -0.4 is 19.7 Å². The molecule has 2 aromatic carbocycles. The van der Waals surface area contributed by atoms with E-state index in [1.165, 1.54) is 7.11 Å². The second kappa shape index (κ2) is 8.77. The molecule has 1 N–H and O–H groups in total. The predicted molar refractivity (Wildman–Crippen MR) is 106 cm³/mol. The highest BCUT2D eigenvalue weighted by Gasteiger charge is 2.19. The van der Waals surface area contributed by atoms with Gasteiger partial charge < -0.3 is 24.4 Å². The van der Waals surface area contributed by atoms with Crippen LogP contribution in [-0.2, 0) is 4.74 Å². The van der Waals surface area contributed by atoms with E-state index in [4.69, 9.17) is 14.2 Å². The summed E-state index contributed by atoms with van der Waals surface area (Å²) >= 11 is 0. The molecule has 0 atom stereocenters. The van der Waals surface area contributed by atoms with Gasteiger partial charge in [0.1, 0.15) is 11.5 Å². The fourth-order valence-electron chi connectivity index (χ4n) is 3.29. The van der Waals surface area contributed by atoms with E-state index in [1.54, 1.807) is 32.4 Å². The Balaban J connectivity index is 1.65. The molecule has 6 heteroatoms. The number of amides is 1. The number of piperidine rings is 1. The second-order valence-electron chi connectivity index (χ2n) is 6.49. The third-order valence-corrected chi connectivity index (χ3v) is 4.92. The van der Waals surface area contributed by atoms with Crippen molar-refractivity contribution in [2.45, 2.75) is 18.9 Å². The number of benzene rings is 2. The maximum absolute atomic E-state index is 12.6. The molecule has 0 aromatic heterocycles. The summed E-state index contributed by atoms with van der Waals surface area (Å²) in [7, 11) is 4.89. The normalized spacial score (nSPS) is 14.7. The number of hydrogen-bond acceptors (Lipinski definition) is 5. The van der Waals surface area contributed by atoms with Gasteiger partial charge in [0.2, 0.25) is 0 Å². The van der Waals surface area contributed by atoms with E-state index in [0.717, 1.165) is 37.3 Å². The van der Waals surface area contributed by atoms with Gasteiger partial charge in [-0.25, -0.2) is 0 Å². The molecule has 1 fully saturated rings. The molecule has 3 rings (SSSR count). The Morgan fingerprint density at radius 2 is 1.70 bits per heavy atom. The van der Waals surface area contributed by atoms with Crippen LogP contribution in [0.2, 0.25) is 0 Å². The zero-order valence-corrected chi connectivity index (χ0v) is 16.0. The highest BCUT2D eigenvalue weighted by atomic mass is 16.5. The quantitative estimate of drug-likeness (QED) is 0.842. The lowest BCUT2D eigenvalue weighted by Gasteiger charge is -2.33. The van der Waals surface area contributed by atoms with E-state index < -0.39 is 0 Å². The van der Waals surface area contributed by atoms with Crippen molar-refractivity contribution in [3.05, 3.63) is 48.0 Å². The number of nitrogens with one attached hydrogen (secondary N) is 1. The molecule has 0 saturated carbocycles. The molecule has 0 radical (unpaired) electrons. The van der Waals surface area contributed by atoms with E-state index in [9.17, 15) is 4.79 Å². The van der Waals surface area contributed by atoms with Crippen LogP contribution in [0, 0.1) is 0 Å². The summed E-state index contributed by atoms with van der Waals surface area (Å²) in [4.78, 5) is 14.9. The lowest BCUT2D eigenvalue weighted by molar-refractivity contribution is 0.0819. The first-order valence-corrected chi connectivity index (χ1v) is 9.05. The van der Waals surface area contributed by atoms with Crippen LogP contribution in [0.1, 0.15) is 23.2 Å². The van der Waals surface area contributed by atoms with Crippen LogP contribution in [0.3, 0.4) is 0 Å². The average molecular weight is 370 g/mol. The number of hydrogen-bond donors (Lipinski definition) is 1. The summed E-state index contributed by atoms with van der Waals surface area (Å²) in [5.41, 5.74) is 2.36. The molecule has 6 nitrogen and oxygen atoms in total. The van der Waals surface area contributed by atoms with Crippen LogP contribution in [0.15, 0.2) is 42.5 Å². The van der Waals surface area contributed by atoms with Gasteiger partial charge in [-0.3, -0.25) is 4.79 Å². The molecule has 1 aliphatic rings. The molecule has 0 bridgehead atoms. The first kappa shape index (κ1) is 19.0. The van der Waals surface area contributed by atoms with Gasteiger partial charge in [-0.15, -0.1) is 0 Å². The molecule has 0 unspecified atom stereocenters. The molecule has 2 aromatic rings. The summed E-state index contributed by atoms with van der Waals surface area (Å²) in [6, 6.07) is 13.0. The highest BCUT2D eigenvalue weighted by Crippen LogP contribution is 2.26. The van der Waals surface area contributed by atoms with E-state index in [1.807, 2.05) is 24.3 Å². The van der Waals surface area contributed by atoms with Gasteiger partial charge in [-0.1, -0.05) is 0 Å².